The summed E-state index contributed by atoms with van der Waals surface area (Å²) in [4.78, 5) is 3.30. The molecular formula is C14H19N2S. The summed E-state index contributed by atoms with van der Waals surface area (Å²) in [6.07, 6.45) is 5.19. The zero-order chi connectivity index (χ0) is 12.1. The van der Waals surface area contributed by atoms with Gasteiger partial charge in [-0.15, -0.1) is 0 Å². The fourth-order valence-electron chi connectivity index (χ4n) is 2.00. The summed E-state index contributed by atoms with van der Waals surface area (Å²) in [5.41, 5.74) is 2.55. The molecule has 0 saturated heterocycles. The van der Waals surface area contributed by atoms with E-state index in [4.69, 9.17) is 0 Å². The molecule has 2 aromatic rings. The maximum absolute atomic E-state index is 4.16. The third-order valence-corrected chi connectivity index (χ3v) is 3.49. The van der Waals surface area contributed by atoms with Crippen molar-refractivity contribution in [3.05, 3.63) is 42.9 Å². The average Bonchev–Trinajstić information content (AvgIpc) is 2.73. The second-order valence-electron chi connectivity index (χ2n) is 4.21. The van der Waals surface area contributed by atoms with E-state index in [1.165, 1.54) is 16.5 Å². The Balaban J connectivity index is 1.98. The van der Waals surface area contributed by atoms with Crippen molar-refractivity contribution < 1.29 is 0 Å². The number of thioether (sulfide) groups is 1. The van der Waals surface area contributed by atoms with Crippen LogP contribution in [0.5, 0.6) is 0 Å². The lowest BCUT2D eigenvalue weighted by Crippen LogP contribution is -2.30. The largest absolute Gasteiger partial charge is 0.361 e. The molecule has 1 unspecified atom stereocenters. The summed E-state index contributed by atoms with van der Waals surface area (Å²) in [6, 6.07) is 8.69. The predicted molar refractivity (Wildman–Crippen MR) is 77.5 cm³/mol. The van der Waals surface area contributed by atoms with Gasteiger partial charge in [-0.1, -0.05) is 18.2 Å². The highest BCUT2D eigenvalue weighted by Crippen LogP contribution is 2.18. The molecule has 0 amide bonds. The molecule has 0 saturated carbocycles. The first kappa shape index (κ1) is 12.5. The van der Waals surface area contributed by atoms with E-state index in [2.05, 4.69) is 53.9 Å². The van der Waals surface area contributed by atoms with Crippen molar-refractivity contribution in [3.8, 4) is 0 Å². The average molecular weight is 247 g/mol. The summed E-state index contributed by atoms with van der Waals surface area (Å²) in [6.45, 7) is 5.18. The van der Waals surface area contributed by atoms with E-state index < -0.39 is 0 Å². The van der Waals surface area contributed by atoms with Gasteiger partial charge in [0.15, 0.2) is 0 Å². The van der Waals surface area contributed by atoms with Crippen LogP contribution >= 0.6 is 11.8 Å². The van der Waals surface area contributed by atoms with Crippen LogP contribution in [0.4, 0.5) is 0 Å². The van der Waals surface area contributed by atoms with Gasteiger partial charge in [0.05, 0.1) is 0 Å². The number of aromatic amines is 1. The molecule has 2 rings (SSSR count). The minimum Gasteiger partial charge on any atom is -0.361 e. The lowest BCUT2D eigenvalue weighted by Gasteiger charge is -2.12. The number of hydrogen-bond acceptors (Lipinski definition) is 2. The topological polar surface area (TPSA) is 27.8 Å². The van der Waals surface area contributed by atoms with Gasteiger partial charge in [0.2, 0.25) is 0 Å². The number of rotatable bonds is 6. The molecule has 17 heavy (non-hydrogen) atoms. The first-order valence-electron chi connectivity index (χ1n) is 5.91. The van der Waals surface area contributed by atoms with E-state index in [1.807, 2.05) is 11.8 Å². The van der Waals surface area contributed by atoms with Gasteiger partial charge in [-0.25, -0.2) is 0 Å². The SMILES string of the molecule is [CH2]C(Cc1c[nH]c2ccccc12)NCCSC. The Labute approximate surface area is 107 Å². The molecule has 0 fully saturated rings. The number of nitrogens with one attached hydrogen (secondary N) is 2. The highest BCUT2D eigenvalue weighted by molar-refractivity contribution is 7.98. The number of aromatic nitrogens is 1. The van der Waals surface area contributed by atoms with E-state index in [1.54, 1.807) is 0 Å². The second kappa shape index (κ2) is 6.12. The van der Waals surface area contributed by atoms with Crippen LogP contribution in [0.15, 0.2) is 30.5 Å². The van der Waals surface area contributed by atoms with E-state index in [0.717, 1.165) is 18.7 Å². The molecule has 2 N–H and O–H groups in total. The van der Waals surface area contributed by atoms with Crippen molar-refractivity contribution in [2.75, 3.05) is 18.6 Å². The summed E-state index contributed by atoms with van der Waals surface area (Å²) in [7, 11) is 0. The van der Waals surface area contributed by atoms with Crippen LogP contribution in [0.1, 0.15) is 5.56 Å². The Morgan fingerprint density at radius 3 is 3.06 bits per heavy atom. The Kier molecular flexibility index (Phi) is 4.51. The van der Waals surface area contributed by atoms with E-state index >= 15 is 0 Å². The van der Waals surface area contributed by atoms with Crippen LogP contribution in [0.3, 0.4) is 0 Å². The molecule has 0 aliphatic rings. The van der Waals surface area contributed by atoms with Gasteiger partial charge in [0, 0.05) is 35.4 Å². The minimum absolute atomic E-state index is 0.279. The number of benzene rings is 1. The molecule has 1 atom stereocenters. The summed E-state index contributed by atoms with van der Waals surface area (Å²) in [5.74, 6) is 1.14. The Bertz CT molecular complexity index is 464. The molecular weight excluding hydrogens is 228 g/mol. The third kappa shape index (κ3) is 3.27. The van der Waals surface area contributed by atoms with Crippen LogP contribution in [0.25, 0.3) is 10.9 Å². The standard InChI is InChI=1S/C14H19N2S/c1-11(15-7-8-17-2)9-12-10-16-14-6-4-3-5-13(12)14/h3-6,10-11,15-16H,1,7-9H2,2H3. The van der Waals surface area contributed by atoms with Gasteiger partial charge in [-0.05, 0) is 31.2 Å². The zero-order valence-corrected chi connectivity index (χ0v) is 11.0. The highest BCUT2D eigenvalue weighted by Gasteiger charge is 2.07. The summed E-state index contributed by atoms with van der Waals surface area (Å²) in [5, 5.41) is 4.75. The Hall–Kier alpha value is -0.930. The molecule has 2 nitrogen and oxygen atoms in total. The third-order valence-electron chi connectivity index (χ3n) is 2.88. The van der Waals surface area contributed by atoms with Crippen molar-refractivity contribution in [1.82, 2.24) is 10.3 Å². The van der Waals surface area contributed by atoms with Crippen LogP contribution in [0.2, 0.25) is 0 Å². The molecule has 0 spiro atoms. The Morgan fingerprint density at radius 2 is 2.24 bits per heavy atom. The lowest BCUT2D eigenvalue weighted by atomic mass is 10.1. The van der Waals surface area contributed by atoms with E-state index in [9.17, 15) is 0 Å². The molecule has 1 aromatic heterocycles. The quantitative estimate of drug-likeness (QED) is 0.768. The first-order chi connectivity index (χ1) is 8.31. The van der Waals surface area contributed by atoms with Crippen LogP contribution in [-0.2, 0) is 6.42 Å². The van der Waals surface area contributed by atoms with Crippen LogP contribution < -0.4 is 5.32 Å². The smallest absolute Gasteiger partial charge is 0.0456 e. The van der Waals surface area contributed by atoms with Crippen LogP contribution in [-0.4, -0.2) is 29.6 Å². The molecule has 0 bridgehead atoms. The molecule has 0 aliphatic carbocycles. The molecule has 0 aliphatic heterocycles. The van der Waals surface area contributed by atoms with Crippen molar-refractivity contribution in [2.45, 2.75) is 12.5 Å². The molecule has 1 heterocycles. The maximum Gasteiger partial charge on any atom is 0.0456 e. The van der Waals surface area contributed by atoms with E-state index in [-0.39, 0.29) is 6.04 Å². The van der Waals surface area contributed by atoms with Crippen molar-refractivity contribution in [3.63, 3.8) is 0 Å². The summed E-state index contributed by atoms with van der Waals surface area (Å²) >= 11 is 1.86. The van der Waals surface area contributed by atoms with Gasteiger partial charge in [0.25, 0.3) is 0 Å². The first-order valence-corrected chi connectivity index (χ1v) is 7.31. The van der Waals surface area contributed by atoms with Gasteiger partial charge >= 0.3 is 0 Å². The fourth-order valence-corrected chi connectivity index (χ4v) is 2.33. The predicted octanol–water partition coefficient (Wildman–Crippen LogP) is 2.87. The van der Waals surface area contributed by atoms with Crippen molar-refractivity contribution >= 4 is 22.7 Å². The Morgan fingerprint density at radius 1 is 1.41 bits per heavy atom. The molecule has 91 valence electrons. The lowest BCUT2D eigenvalue weighted by molar-refractivity contribution is 0.614. The maximum atomic E-state index is 4.16. The number of H-pyrrole nitrogens is 1. The van der Waals surface area contributed by atoms with Crippen molar-refractivity contribution in [1.29, 1.82) is 0 Å². The minimum atomic E-state index is 0.279. The van der Waals surface area contributed by atoms with Gasteiger partial charge < -0.3 is 10.3 Å². The molecule has 1 radical (unpaired) electrons. The number of hydrogen-bond donors (Lipinski definition) is 2. The van der Waals surface area contributed by atoms with E-state index in [0.29, 0.717) is 0 Å². The fraction of sp³-hybridized carbons (Fsp3) is 0.357. The van der Waals surface area contributed by atoms with Gasteiger partial charge in [-0.3, -0.25) is 0 Å². The zero-order valence-electron chi connectivity index (χ0n) is 10.2. The number of para-hydroxylation sites is 1. The monoisotopic (exact) mass is 247 g/mol. The molecule has 1 aromatic carbocycles. The van der Waals surface area contributed by atoms with Crippen LogP contribution in [0, 0.1) is 6.92 Å². The van der Waals surface area contributed by atoms with Gasteiger partial charge in [0.1, 0.15) is 0 Å². The van der Waals surface area contributed by atoms with Crippen molar-refractivity contribution in [2.24, 2.45) is 0 Å². The second-order valence-corrected chi connectivity index (χ2v) is 5.19. The van der Waals surface area contributed by atoms with Gasteiger partial charge in [-0.2, -0.15) is 11.8 Å². The summed E-state index contributed by atoms with van der Waals surface area (Å²) < 4.78 is 0. The highest BCUT2D eigenvalue weighted by atomic mass is 32.2. The normalized spacial score (nSPS) is 13.1. The molecule has 3 heteroatoms. The number of fused-ring (bicyclic) bond motifs is 1.